The molecule has 0 bridgehead atoms. The van der Waals surface area contributed by atoms with Crippen LogP contribution in [-0.4, -0.2) is 17.7 Å². The number of nitrogens with zero attached hydrogens (tertiary/aromatic N) is 1. The van der Waals surface area contributed by atoms with E-state index in [0.29, 0.717) is 16.7 Å². The Morgan fingerprint density at radius 2 is 1.87 bits per heavy atom. The monoisotopic (exact) mass is 307 g/mol. The van der Waals surface area contributed by atoms with E-state index in [1.54, 1.807) is 61.5 Å². The molecule has 2 aromatic carbocycles. The number of aliphatic hydroxyl groups excluding tert-OH is 1. The molecule has 0 aliphatic carbocycles. The summed E-state index contributed by atoms with van der Waals surface area (Å²) in [6, 6.07) is 17.7. The zero-order valence-corrected chi connectivity index (χ0v) is 12.8. The van der Waals surface area contributed by atoms with Gasteiger partial charge in [-0.2, -0.15) is 5.26 Å². The molecule has 116 valence electrons. The zero-order valence-electron chi connectivity index (χ0n) is 12.8. The minimum absolute atomic E-state index is 0.155. The van der Waals surface area contributed by atoms with E-state index in [2.05, 4.69) is 0 Å². The van der Waals surface area contributed by atoms with Crippen LogP contribution in [0.25, 0.3) is 6.08 Å². The smallest absolute Gasteiger partial charge is 0.337 e. The normalized spacial score (nSPS) is 12.3. The number of esters is 1. The standard InChI is InChI=1S/C19H17NO3/c1-2-23-19(22)17(18(21)16-6-4-3-5-7-16)12-14-8-10-15(13-20)11-9-14/h3-12,18,21H,2H2,1H3/b17-12+. The number of ether oxygens (including phenoxy) is 1. The number of carbonyl (C=O) groups is 1. The molecule has 0 aliphatic heterocycles. The van der Waals surface area contributed by atoms with Crippen molar-refractivity contribution in [3.05, 3.63) is 76.9 Å². The lowest BCUT2D eigenvalue weighted by molar-refractivity contribution is -0.139. The largest absolute Gasteiger partial charge is 0.463 e. The maximum atomic E-state index is 12.2. The Hall–Kier alpha value is -2.90. The summed E-state index contributed by atoms with van der Waals surface area (Å²) in [5, 5.41) is 19.3. The predicted molar refractivity (Wildman–Crippen MR) is 87.2 cm³/mol. The van der Waals surface area contributed by atoms with E-state index in [4.69, 9.17) is 10.00 Å². The van der Waals surface area contributed by atoms with Crippen LogP contribution in [0, 0.1) is 11.3 Å². The van der Waals surface area contributed by atoms with Gasteiger partial charge in [0.25, 0.3) is 0 Å². The highest BCUT2D eigenvalue weighted by Crippen LogP contribution is 2.25. The number of nitriles is 1. The summed E-state index contributed by atoms with van der Waals surface area (Å²) >= 11 is 0. The fourth-order valence-corrected chi connectivity index (χ4v) is 2.11. The Kier molecular flexibility index (Phi) is 5.67. The van der Waals surface area contributed by atoms with Gasteiger partial charge in [0.05, 0.1) is 23.8 Å². The lowest BCUT2D eigenvalue weighted by atomic mass is 9.99. The molecule has 0 aliphatic rings. The zero-order chi connectivity index (χ0) is 16.7. The van der Waals surface area contributed by atoms with Gasteiger partial charge in [-0.15, -0.1) is 0 Å². The molecule has 0 radical (unpaired) electrons. The molecular weight excluding hydrogens is 290 g/mol. The van der Waals surface area contributed by atoms with Gasteiger partial charge in [0.2, 0.25) is 0 Å². The van der Waals surface area contributed by atoms with Crippen molar-refractivity contribution in [3.63, 3.8) is 0 Å². The predicted octanol–water partition coefficient (Wildman–Crippen LogP) is 3.24. The summed E-state index contributed by atoms with van der Waals surface area (Å²) in [5.41, 5.74) is 2.01. The Morgan fingerprint density at radius 1 is 1.22 bits per heavy atom. The van der Waals surface area contributed by atoms with Crippen LogP contribution in [0.5, 0.6) is 0 Å². The Bertz CT molecular complexity index is 727. The molecule has 4 heteroatoms. The van der Waals surface area contributed by atoms with Crippen LogP contribution < -0.4 is 0 Å². The molecule has 0 heterocycles. The van der Waals surface area contributed by atoms with Gasteiger partial charge in [0, 0.05) is 0 Å². The van der Waals surface area contributed by atoms with Crippen LogP contribution in [0.4, 0.5) is 0 Å². The number of hydrogen-bond donors (Lipinski definition) is 1. The van der Waals surface area contributed by atoms with Crippen molar-refractivity contribution in [2.24, 2.45) is 0 Å². The van der Waals surface area contributed by atoms with E-state index in [-0.39, 0.29) is 12.2 Å². The minimum atomic E-state index is -1.08. The quantitative estimate of drug-likeness (QED) is 0.680. The van der Waals surface area contributed by atoms with Crippen LogP contribution >= 0.6 is 0 Å². The van der Waals surface area contributed by atoms with Gasteiger partial charge in [-0.3, -0.25) is 0 Å². The fourth-order valence-electron chi connectivity index (χ4n) is 2.11. The number of hydrogen-bond acceptors (Lipinski definition) is 4. The van der Waals surface area contributed by atoms with Gasteiger partial charge in [-0.1, -0.05) is 42.5 Å². The molecule has 0 saturated carbocycles. The third-order valence-electron chi connectivity index (χ3n) is 3.28. The van der Waals surface area contributed by atoms with E-state index >= 15 is 0 Å². The molecule has 0 amide bonds. The highest BCUT2D eigenvalue weighted by molar-refractivity contribution is 5.95. The molecule has 23 heavy (non-hydrogen) atoms. The number of benzene rings is 2. The van der Waals surface area contributed by atoms with Crippen LogP contribution in [0.1, 0.15) is 29.7 Å². The van der Waals surface area contributed by atoms with Crippen molar-refractivity contribution in [1.82, 2.24) is 0 Å². The Balaban J connectivity index is 2.38. The lowest BCUT2D eigenvalue weighted by Crippen LogP contribution is -2.14. The van der Waals surface area contributed by atoms with E-state index in [1.807, 2.05) is 12.1 Å². The van der Waals surface area contributed by atoms with Crippen molar-refractivity contribution in [2.75, 3.05) is 6.61 Å². The molecule has 0 fully saturated rings. The van der Waals surface area contributed by atoms with Crippen LogP contribution in [0.15, 0.2) is 60.2 Å². The van der Waals surface area contributed by atoms with E-state index in [9.17, 15) is 9.90 Å². The molecule has 0 aromatic heterocycles. The molecule has 1 unspecified atom stereocenters. The first-order chi connectivity index (χ1) is 11.2. The van der Waals surface area contributed by atoms with E-state index < -0.39 is 12.1 Å². The van der Waals surface area contributed by atoms with Gasteiger partial charge in [0.15, 0.2) is 0 Å². The van der Waals surface area contributed by atoms with Gasteiger partial charge in [-0.25, -0.2) is 4.79 Å². The molecule has 2 aromatic rings. The molecule has 0 spiro atoms. The average molecular weight is 307 g/mol. The number of aliphatic hydroxyl groups is 1. The third kappa shape index (κ3) is 4.29. The summed E-state index contributed by atoms with van der Waals surface area (Å²) in [6.07, 6.45) is 0.502. The molecular formula is C19H17NO3. The van der Waals surface area contributed by atoms with Gasteiger partial charge in [-0.05, 0) is 36.3 Å². The summed E-state index contributed by atoms with van der Waals surface area (Å²) in [4.78, 5) is 12.2. The highest BCUT2D eigenvalue weighted by Gasteiger charge is 2.21. The fraction of sp³-hybridized carbons (Fsp3) is 0.158. The van der Waals surface area contributed by atoms with Crippen molar-refractivity contribution in [2.45, 2.75) is 13.0 Å². The lowest BCUT2D eigenvalue weighted by Gasteiger charge is -2.14. The van der Waals surface area contributed by atoms with E-state index in [0.717, 1.165) is 0 Å². The second-order valence-electron chi connectivity index (χ2n) is 4.87. The Morgan fingerprint density at radius 3 is 2.43 bits per heavy atom. The van der Waals surface area contributed by atoms with Crippen LogP contribution in [0.3, 0.4) is 0 Å². The first-order valence-corrected chi connectivity index (χ1v) is 7.27. The van der Waals surface area contributed by atoms with E-state index in [1.165, 1.54) is 0 Å². The summed E-state index contributed by atoms with van der Waals surface area (Å²) < 4.78 is 5.04. The maximum absolute atomic E-state index is 12.2. The summed E-state index contributed by atoms with van der Waals surface area (Å²) in [7, 11) is 0. The minimum Gasteiger partial charge on any atom is -0.463 e. The maximum Gasteiger partial charge on any atom is 0.337 e. The van der Waals surface area contributed by atoms with Crippen LogP contribution in [-0.2, 0) is 9.53 Å². The first-order valence-electron chi connectivity index (χ1n) is 7.27. The second kappa shape index (κ2) is 7.92. The number of carbonyl (C=O) groups excluding carboxylic acids is 1. The first kappa shape index (κ1) is 16.5. The number of rotatable bonds is 5. The van der Waals surface area contributed by atoms with Crippen molar-refractivity contribution in [3.8, 4) is 6.07 Å². The molecule has 1 N–H and O–H groups in total. The van der Waals surface area contributed by atoms with Gasteiger partial charge in [0.1, 0.15) is 6.10 Å². The summed E-state index contributed by atoms with van der Waals surface area (Å²) in [5.74, 6) is -0.562. The Labute approximate surface area is 135 Å². The van der Waals surface area contributed by atoms with Crippen LogP contribution in [0.2, 0.25) is 0 Å². The molecule has 2 rings (SSSR count). The topological polar surface area (TPSA) is 70.3 Å². The molecule has 1 atom stereocenters. The SMILES string of the molecule is CCOC(=O)/C(=C/c1ccc(C#N)cc1)C(O)c1ccccc1. The van der Waals surface area contributed by atoms with Gasteiger partial charge >= 0.3 is 5.97 Å². The van der Waals surface area contributed by atoms with Crippen molar-refractivity contribution < 1.29 is 14.6 Å². The molecule has 0 saturated heterocycles. The molecule has 4 nitrogen and oxygen atoms in total. The van der Waals surface area contributed by atoms with Crippen molar-refractivity contribution >= 4 is 12.0 Å². The van der Waals surface area contributed by atoms with Gasteiger partial charge < -0.3 is 9.84 Å². The second-order valence-corrected chi connectivity index (χ2v) is 4.87. The highest BCUT2D eigenvalue weighted by atomic mass is 16.5. The summed E-state index contributed by atoms with van der Waals surface area (Å²) in [6.45, 7) is 1.94. The third-order valence-corrected chi connectivity index (χ3v) is 3.28. The average Bonchev–Trinajstić information content (AvgIpc) is 2.60. The van der Waals surface area contributed by atoms with Crippen molar-refractivity contribution in [1.29, 1.82) is 5.26 Å².